The molecule has 0 atom stereocenters. The second kappa shape index (κ2) is 9.91. The Hall–Kier alpha value is -0.0900. The highest BCUT2D eigenvalue weighted by molar-refractivity contribution is 6.25. The van der Waals surface area contributed by atoms with E-state index in [4.69, 9.17) is 16.4 Å². The van der Waals surface area contributed by atoms with E-state index in [-0.39, 0.29) is 0 Å². The number of rotatable bonds is 7. The lowest BCUT2D eigenvalue weighted by Gasteiger charge is -2.03. The highest BCUT2D eigenvalue weighted by Crippen LogP contribution is 1.79. The van der Waals surface area contributed by atoms with Gasteiger partial charge in [-0.1, -0.05) is 24.9 Å². The lowest BCUT2D eigenvalue weighted by atomic mass is 10.3. The fourth-order valence-electron chi connectivity index (χ4n) is 0.435. The third-order valence-corrected chi connectivity index (χ3v) is 1.13. The Bertz CT molecular complexity index is 98.4. The first-order chi connectivity index (χ1) is 5.41. The van der Waals surface area contributed by atoms with Crippen molar-refractivity contribution in [3.05, 3.63) is 18.0 Å². The highest BCUT2D eigenvalue weighted by Gasteiger charge is 1.82. The molecule has 11 heavy (non-hydrogen) atoms. The zero-order valence-corrected chi connectivity index (χ0v) is 7.40. The van der Waals surface area contributed by atoms with Crippen LogP contribution >= 0.6 is 11.6 Å². The lowest BCUT2D eigenvalue weighted by molar-refractivity contribution is 0.0316. The maximum Gasteiger partial charge on any atom is 0.0891 e. The first-order valence-corrected chi connectivity index (χ1v) is 4.02. The van der Waals surface area contributed by atoms with Gasteiger partial charge in [0.2, 0.25) is 0 Å². The van der Waals surface area contributed by atoms with Crippen molar-refractivity contribution in [3.63, 3.8) is 0 Å². The van der Waals surface area contributed by atoms with E-state index in [0.717, 1.165) is 13.0 Å². The van der Waals surface area contributed by atoms with Crippen molar-refractivity contribution in [2.24, 2.45) is 0 Å². The Labute approximate surface area is 72.7 Å². The predicted octanol–water partition coefficient (Wildman–Crippen LogP) is 1.38. The van der Waals surface area contributed by atoms with Gasteiger partial charge in [0.15, 0.2) is 0 Å². The van der Waals surface area contributed by atoms with Gasteiger partial charge in [-0.15, -0.1) is 5.59 Å². The van der Waals surface area contributed by atoms with Gasteiger partial charge in [-0.2, -0.15) is 0 Å². The van der Waals surface area contributed by atoms with Crippen LogP contribution in [0.5, 0.6) is 0 Å². The fourth-order valence-corrected chi connectivity index (χ4v) is 0.508. The van der Waals surface area contributed by atoms with Gasteiger partial charge in [-0.25, -0.2) is 5.43 Å². The third-order valence-electron chi connectivity index (χ3n) is 0.948. The smallest absolute Gasteiger partial charge is 0.0891 e. The minimum Gasteiger partial charge on any atom is -0.283 e. The van der Waals surface area contributed by atoms with E-state index in [2.05, 4.69) is 24.4 Å². The topological polar surface area (TPSA) is 33.3 Å². The average molecular weight is 178 g/mol. The van der Waals surface area contributed by atoms with Gasteiger partial charge >= 0.3 is 0 Å². The van der Waals surface area contributed by atoms with Gasteiger partial charge in [0, 0.05) is 12.1 Å². The van der Waals surface area contributed by atoms with Gasteiger partial charge in [0.25, 0.3) is 0 Å². The predicted molar refractivity (Wildman–Crippen MR) is 46.7 cm³/mol. The van der Waals surface area contributed by atoms with Crippen LogP contribution < -0.4 is 11.0 Å². The Morgan fingerprint density at radius 3 is 3.00 bits per heavy atom. The minimum absolute atomic E-state index is 0.461. The summed E-state index contributed by atoms with van der Waals surface area (Å²) in [5, 5.41) is 0. The minimum atomic E-state index is 0.461. The van der Waals surface area contributed by atoms with E-state index >= 15 is 0 Å². The molecule has 0 saturated carbocycles. The molecule has 0 aromatic heterocycles. The number of nitrogens with one attached hydrogen (secondary N) is 2. The maximum absolute atomic E-state index is 5.25. The molecule has 0 amide bonds. The molecule has 65 valence electrons. The second-order valence-corrected chi connectivity index (χ2v) is 2.10. The van der Waals surface area contributed by atoms with Crippen LogP contribution in [-0.4, -0.2) is 13.2 Å². The zero-order chi connectivity index (χ0) is 8.36. The maximum atomic E-state index is 5.25. The molecule has 0 aromatic carbocycles. The van der Waals surface area contributed by atoms with Crippen LogP contribution in [-0.2, 0) is 4.84 Å². The van der Waals surface area contributed by atoms with Crippen molar-refractivity contribution in [2.45, 2.75) is 13.3 Å². The zero-order valence-electron chi connectivity index (χ0n) is 6.64. The summed E-state index contributed by atoms with van der Waals surface area (Å²) in [5.41, 5.74) is 6.82. The first-order valence-electron chi connectivity index (χ1n) is 3.58. The van der Waals surface area contributed by atoms with Crippen LogP contribution in [0.25, 0.3) is 0 Å². The molecule has 0 bridgehead atoms. The molecular formula is C7H14ClN2O. The Balaban J connectivity index is 2.79. The molecule has 0 spiro atoms. The third kappa shape index (κ3) is 9.91. The second-order valence-electron chi connectivity index (χ2n) is 1.85. The van der Waals surface area contributed by atoms with Crippen molar-refractivity contribution in [1.82, 2.24) is 11.0 Å². The molecule has 3 nitrogen and oxygen atoms in total. The number of unbranched alkanes of at least 4 members (excludes halogenated alkanes) is 1. The molecule has 1 radical (unpaired) electrons. The molecule has 2 N–H and O–H groups in total. The largest absolute Gasteiger partial charge is 0.283 e. The molecule has 0 fully saturated rings. The molecule has 0 rings (SSSR count). The van der Waals surface area contributed by atoms with E-state index in [9.17, 15) is 0 Å². The fraction of sp³-hybridized carbons (Fsp3) is 0.571. The molecule has 0 aliphatic carbocycles. The van der Waals surface area contributed by atoms with E-state index in [1.54, 1.807) is 6.08 Å². The molecule has 0 aliphatic rings. The van der Waals surface area contributed by atoms with Crippen molar-refractivity contribution in [2.75, 3.05) is 13.2 Å². The van der Waals surface area contributed by atoms with Crippen molar-refractivity contribution in [1.29, 1.82) is 0 Å². The van der Waals surface area contributed by atoms with Crippen LogP contribution in [0, 0.1) is 6.42 Å². The van der Waals surface area contributed by atoms with Crippen LogP contribution in [0.1, 0.15) is 13.3 Å². The molecule has 0 unspecified atom stereocenters. The summed E-state index contributed by atoms with van der Waals surface area (Å²) < 4.78 is 0. The summed E-state index contributed by atoms with van der Waals surface area (Å²) in [7, 11) is 0. The summed E-state index contributed by atoms with van der Waals surface area (Å²) in [6.45, 7) is 3.34. The summed E-state index contributed by atoms with van der Waals surface area (Å²) in [5.74, 6) is 0. The first kappa shape index (κ1) is 10.9. The molecule has 4 heteroatoms. The highest BCUT2D eigenvalue weighted by atomic mass is 35.5. The molecule has 0 heterocycles. The average Bonchev–Trinajstić information content (AvgIpc) is 2.03. The Morgan fingerprint density at radius 1 is 1.55 bits per heavy atom. The summed E-state index contributed by atoms with van der Waals surface area (Å²) >= 11 is 5.25. The quantitative estimate of drug-likeness (QED) is 0.456. The SMILES string of the molecule is CC[CH]CNNOC/C=C/Cl. The molecular weight excluding hydrogens is 164 g/mol. The van der Waals surface area contributed by atoms with Gasteiger partial charge in [0.05, 0.1) is 6.61 Å². The van der Waals surface area contributed by atoms with E-state index < -0.39 is 0 Å². The lowest BCUT2D eigenvalue weighted by Crippen LogP contribution is -2.32. The normalized spacial score (nSPS) is 11.1. The molecule has 0 aliphatic heterocycles. The monoisotopic (exact) mass is 177 g/mol. The van der Waals surface area contributed by atoms with Gasteiger partial charge in [0.1, 0.15) is 0 Å². The van der Waals surface area contributed by atoms with E-state index in [0.29, 0.717) is 6.61 Å². The Kier molecular flexibility index (Phi) is 9.83. The number of hydrogen-bond acceptors (Lipinski definition) is 3. The van der Waals surface area contributed by atoms with Crippen LogP contribution in [0.2, 0.25) is 0 Å². The van der Waals surface area contributed by atoms with Crippen LogP contribution in [0.15, 0.2) is 11.6 Å². The van der Waals surface area contributed by atoms with Crippen LogP contribution in [0.4, 0.5) is 0 Å². The van der Waals surface area contributed by atoms with Gasteiger partial charge in [-0.05, 0) is 12.5 Å². The summed E-state index contributed by atoms with van der Waals surface area (Å²) in [6.07, 6.45) is 4.84. The van der Waals surface area contributed by atoms with E-state index in [1.165, 1.54) is 5.54 Å². The molecule has 0 aromatic rings. The number of halogens is 1. The summed E-state index contributed by atoms with van der Waals surface area (Å²) in [6, 6.07) is 0. The number of hydrazine groups is 1. The standard InChI is InChI=1S/C7H14ClN2O/c1-2-3-6-9-10-11-7-4-5-8/h3-5,9-10H,2,6-7H2,1H3/b5-4+. The summed E-state index contributed by atoms with van der Waals surface area (Å²) in [4.78, 5) is 4.87. The van der Waals surface area contributed by atoms with Crippen molar-refractivity contribution < 1.29 is 4.84 Å². The number of hydrogen-bond donors (Lipinski definition) is 2. The van der Waals surface area contributed by atoms with Gasteiger partial charge in [-0.3, -0.25) is 4.84 Å². The van der Waals surface area contributed by atoms with Crippen molar-refractivity contribution in [3.8, 4) is 0 Å². The Morgan fingerprint density at radius 2 is 2.36 bits per heavy atom. The van der Waals surface area contributed by atoms with Gasteiger partial charge < -0.3 is 0 Å². The van der Waals surface area contributed by atoms with E-state index in [1.807, 2.05) is 0 Å². The molecule has 0 saturated heterocycles. The van der Waals surface area contributed by atoms with Crippen LogP contribution in [0.3, 0.4) is 0 Å². The van der Waals surface area contributed by atoms with Crippen molar-refractivity contribution >= 4 is 11.6 Å².